The zero-order valence-corrected chi connectivity index (χ0v) is 7.42. The Hall–Kier alpha value is -0.994. The fourth-order valence-corrected chi connectivity index (χ4v) is 1.56. The molecule has 0 unspecified atom stereocenters. The molecular weight excluding hydrogens is 193 g/mol. The average Bonchev–Trinajstić information content (AvgIpc) is 2.12. The Morgan fingerprint density at radius 2 is 1.75 bits per heavy atom. The van der Waals surface area contributed by atoms with Crippen LogP contribution in [0.4, 0.5) is 5.69 Å². The summed E-state index contributed by atoms with van der Waals surface area (Å²) in [4.78, 5) is 0. The number of hydrogen-bond acceptors (Lipinski definition) is 1. The molecule has 0 aliphatic rings. The van der Waals surface area contributed by atoms with E-state index in [-0.39, 0.29) is 0 Å². The van der Waals surface area contributed by atoms with Gasteiger partial charge in [0.25, 0.3) is 0 Å². The molecule has 0 saturated heterocycles. The molecule has 0 aliphatic carbocycles. The van der Waals surface area contributed by atoms with Gasteiger partial charge in [0.05, 0.1) is 0 Å². The van der Waals surface area contributed by atoms with Gasteiger partial charge in [-0.1, -0.05) is 0 Å². The zero-order chi connectivity index (χ0) is 8.55. The van der Waals surface area contributed by atoms with Crippen molar-refractivity contribution in [2.24, 2.45) is 0 Å². The van der Waals surface area contributed by atoms with Crippen LogP contribution in [0.3, 0.4) is 0 Å². The van der Waals surface area contributed by atoms with E-state index >= 15 is 0 Å². The first-order chi connectivity index (χ1) is 5.79. The summed E-state index contributed by atoms with van der Waals surface area (Å²) >= 11 is 4.39. The third-order valence-corrected chi connectivity index (χ3v) is 2.45. The molecule has 2 aromatic rings. The molecule has 2 heteroatoms. The molecular formula is C10H8CoN. The van der Waals surface area contributed by atoms with Crippen LogP contribution in [-0.4, -0.2) is 0 Å². The Labute approximate surface area is 79.2 Å². The molecule has 1 nitrogen and oxygen atoms in total. The first-order valence-corrected chi connectivity index (χ1v) is 4.21. The van der Waals surface area contributed by atoms with Crippen molar-refractivity contribution in [2.75, 3.05) is 5.73 Å². The van der Waals surface area contributed by atoms with E-state index in [0.29, 0.717) is 0 Å². The molecule has 2 aromatic carbocycles. The molecule has 12 heavy (non-hydrogen) atoms. The van der Waals surface area contributed by atoms with Crippen molar-refractivity contribution in [3.63, 3.8) is 0 Å². The van der Waals surface area contributed by atoms with Gasteiger partial charge in [0.2, 0.25) is 0 Å². The van der Waals surface area contributed by atoms with Gasteiger partial charge in [0, 0.05) is 0 Å². The molecule has 0 aromatic heterocycles. The second-order valence-corrected chi connectivity index (χ2v) is 3.19. The molecule has 2 rings (SSSR count). The molecule has 0 amide bonds. The van der Waals surface area contributed by atoms with Crippen LogP contribution < -0.4 is 10.2 Å². The van der Waals surface area contributed by atoms with E-state index in [1.54, 1.807) is 0 Å². The molecule has 0 spiro atoms. The summed E-state index contributed by atoms with van der Waals surface area (Å²) in [5.41, 5.74) is 6.44. The van der Waals surface area contributed by atoms with Crippen LogP contribution in [-0.2, 0) is 15.7 Å². The van der Waals surface area contributed by atoms with Crippen molar-refractivity contribution in [2.45, 2.75) is 0 Å². The van der Waals surface area contributed by atoms with E-state index in [1.807, 2.05) is 36.4 Å². The van der Waals surface area contributed by atoms with E-state index in [4.69, 9.17) is 5.73 Å². The van der Waals surface area contributed by atoms with Crippen molar-refractivity contribution in [1.82, 2.24) is 0 Å². The van der Waals surface area contributed by atoms with Gasteiger partial charge in [0.1, 0.15) is 0 Å². The summed E-state index contributed by atoms with van der Waals surface area (Å²) in [5, 5.41) is 2.28. The molecule has 0 radical (unpaired) electrons. The Kier molecular flexibility index (Phi) is 1.79. The summed E-state index contributed by atoms with van der Waals surface area (Å²) in [5.74, 6) is 0. The first kappa shape index (κ1) is 7.65. The van der Waals surface area contributed by atoms with Crippen molar-refractivity contribution in [1.29, 1.82) is 0 Å². The number of fused-ring (bicyclic) bond motifs is 1. The predicted molar refractivity (Wildman–Crippen MR) is 48.0 cm³/mol. The maximum absolute atomic E-state index is 5.71. The normalized spacial score (nSPS) is 10.5. The fraction of sp³-hybridized carbons (Fsp3) is 0. The second kappa shape index (κ2) is 2.81. The minimum absolute atomic E-state index is 0.730. The zero-order valence-electron chi connectivity index (χ0n) is 6.37. The molecule has 0 bridgehead atoms. The van der Waals surface area contributed by atoms with E-state index in [2.05, 4.69) is 15.7 Å². The standard InChI is InChI=1S/C10H8N.Co/c11-10-6-5-8-3-1-2-4-9(8)7-10;/h1-6H,11H2;. The third-order valence-electron chi connectivity index (χ3n) is 1.87. The van der Waals surface area contributed by atoms with Gasteiger partial charge in [-0.15, -0.1) is 0 Å². The van der Waals surface area contributed by atoms with Crippen molar-refractivity contribution in [3.8, 4) is 0 Å². The van der Waals surface area contributed by atoms with Gasteiger partial charge >= 0.3 is 78.8 Å². The van der Waals surface area contributed by atoms with Crippen LogP contribution in [0.15, 0.2) is 36.4 Å². The predicted octanol–water partition coefficient (Wildman–Crippen LogP) is 1.59. The van der Waals surface area contributed by atoms with Crippen molar-refractivity contribution >= 4 is 21.0 Å². The molecule has 0 heterocycles. The van der Waals surface area contributed by atoms with Crippen LogP contribution >= 0.6 is 0 Å². The second-order valence-electron chi connectivity index (χ2n) is 2.67. The number of hydrogen-bond donors (Lipinski definition) is 1. The van der Waals surface area contributed by atoms with Crippen LogP contribution in [0.1, 0.15) is 0 Å². The monoisotopic (exact) mass is 201 g/mol. The van der Waals surface area contributed by atoms with Crippen molar-refractivity contribution in [3.05, 3.63) is 36.4 Å². The Morgan fingerprint density at radius 3 is 2.58 bits per heavy atom. The number of anilines is 1. The quantitative estimate of drug-likeness (QED) is 0.643. The molecule has 0 saturated carbocycles. The van der Waals surface area contributed by atoms with Gasteiger partial charge in [-0.2, -0.15) is 0 Å². The van der Waals surface area contributed by atoms with Crippen LogP contribution in [0.25, 0.3) is 10.8 Å². The molecule has 0 aliphatic heterocycles. The summed E-state index contributed by atoms with van der Waals surface area (Å²) in [7, 11) is 0. The van der Waals surface area contributed by atoms with Gasteiger partial charge in [-0.25, -0.2) is 0 Å². The summed E-state index contributed by atoms with van der Waals surface area (Å²) < 4.78 is 0.862. The number of rotatable bonds is 0. The van der Waals surface area contributed by atoms with Crippen LogP contribution in [0.5, 0.6) is 0 Å². The summed E-state index contributed by atoms with van der Waals surface area (Å²) in [6.45, 7) is 0. The van der Waals surface area contributed by atoms with Crippen LogP contribution in [0, 0.1) is 0 Å². The molecule has 0 atom stereocenters. The Morgan fingerprint density at radius 1 is 1.00 bits per heavy atom. The Bertz CT molecular complexity index is 423. The Balaban J connectivity index is 2.91. The van der Waals surface area contributed by atoms with Crippen molar-refractivity contribution < 1.29 is 15.7 Å². The maximum atomic E-state index is 5.71. The van der Waals surface area contributed by atoms with E-state index < -0.39 is 0 Å². The number of nitrogen functional groups attached to an aromatic ring is 1. The first-order valence-electron chi connectivity index (χ1n) is 3.69. The molecule has 0 fully saturated rings. The van der Waals surface area contributed by atoms with Gasteiger partial charge in [-0.05, 0) is 0 Å². The van der Waals surface area contributed by atoms with E-state index in [0.717, 1.165) is 15.6 Å². The molecule has 62 valence electrons. The van der Waals surface area contributed by atoms with Gasteiger partial charge < -0.3 is 0 Å². The summed E-state index contributed by atoms with van der Waals surface area (Å²) in [6.07, 6.45) is 0. The van der Waals surface area contributed by atoms with E-state index in [1.165, 1.54) is 5.39 Å². The van der Waals surface area contributed by atoms with Gasteiger partial charge in [0.15, 0.2) is 0 Å². The van der Waals surface area contributed by atoms with E-state index in [9.17, 15) is 0 Å². The number of benzene rings is 2. The number of nitrogens with two attached hydrogens (primary N) is 1. The topological polar surface area (TPSA) is 26.0 Å². The average molecular weight is 201 g/mol. The third kappa shape index (κ3) is 1.09. The summed E-state index contributed by atoms with van der Waals surface area (Å²) in [6, 6.07) is 11.9. The molecule has 2 N–H and O–H groups in total. The van der Waals surface area contributed by atoms with Crippen LogP contribution in [0.2, 0.25) is 0 Å². The minimum atomic E-state index is 0.730. The fourth-order valence-electron chi connectivity index (χ4n) is 1.24. The SMILES string of the molecule is Nc1ccc2ccccc2[c]1[Co]. The van der Waals surface area contributed by atoms with Gasteiger partial charge in [-0.3, -0.25) is 0 Å².